The molecular weight excluding hydrogens is 306 g/mol. The summed E-state index contributed by atoms with van der Waals surface area (Å²) < 4.78 is 6.78. The molecule has 0 radical (unpaired) electrons. The fourth-order valence-electron chi connectivity index (χ4n) is 2.53. The summed E-state index contributed by atoms with van der Waals surface area (Å²) in [5.74, 6) is 1.31. The lowest BCUT2D eigenvalue weighted by atomic mass is 9.93. The number of nitrogens with zero attached hydrogens (tertiary/aromatic N) is 1. The highest BCUT2D eigenvalue weighted by Crippen LogP contribution is 2.24. The maximum absolute atomic E-state index is 9.67. The molecule has 3 nitrogen and oxygen atoms in total. The van der Waals surface area contributed by atoms with E-state index < -0.39 is 0 Å². The highest BCUT2D eigenvalue weighted by Gasteiger charge is 2.23. The second-order valence-electron chi connectivity index (χ2n) is 5.22. The predicted octanol–water partition coefficient (Wildman–Crippen LogP) is 2.92. The van der Waals surface area contributed by atoms with Crippen molar-refractivity contribution in [3.8, 4) is 5.75 Å². The SMILES string of the molecule is C[C@H](O)[C@H]1CCCN(CCOc2ccccc2Br)C1. The molecule has 4 heteroatoms. The third kappa shape index (κ3) is 4.48. The molecule has 19 heavy (non-hydrogen) atoms. The number of likely N-dealkylation sites (tertiary alicyclic amines) is 1. The number of ether oxygens (including phenoxy) is 1. The van der Waals surface area contributed by atoms with E-state index in [0.29, 0.717) is 12.5 Å². The molecule has 1 aliphatic rings. The molecule has 0 spiro atoms. The summed E-state index contributed by atoms with van der Waals surface area (Å²) in [4.78, 5) is 2.39. The molecule has 1 N–H and O–H groups in total. The Morgan fingerprint density at radius 2 is 2.26 bits per heavy atom. The number of piperidine rings is 1. The Bertz CT molecular complexity index is 397. The third-order valence-corrected chi connectivity index (χ3v) is 4.38. The van der Waals surface area contributed by atoms with Gasteiger partial charge in [0.05, 0.1) is 10.6 Å². The van der Waals surface area contributed by atoms with Crippen LogP contribution in [0.4, 0.5) is 0 Å². The van der Waals surface area contributed by atoms with Gasteiger partial charge in [-0.3, -0.25) is 4.90 Å². The molecule has 1 fully saturated rings. The maximum atomic E-state index is 9.67. The van der Waals surface area contributed by atoms with Gasteiger partial charge in [-0.25, -0.2) is 0 Å². The molecule has 0 aromatic heterocycles. The van der Waals surface area contributed by atoms with Gasteiger partial charge in [-0.15, -0.1) is 0 Å². The van der Waals surface area contributed by atoms with Crippen LogP contribution in [0, 0.1) is 5.92 Å². The molecule has 0 saturated carbocycles. The molecule has 1 aliphatic heterocycles. The first kappa shape index (κ1) is 14.8. The van der Waals surface area contributed by atoms with Crippen molar-refractivity contribution in [2.75, 3.05) is 26.2 Å². The molecule has 0 amide bonds. The molecule has 0 aliphatic carbocycles. The van der Waals surface area contributed by atoms with E-state index in [9.17, 15) is 5.11 Å². The Morgan fingerprint density at radius 1 is 1.47 bits per heavy atom. The quantitative estimate of drug-likeness (QED) is 0.902. The van der Waals surface area contributed by atoms with Crippen molar-refractivity contribution in [2.24, 2.45) is 5.92 Å². The first-order valence-electron chi connectivity index (χ1n) is 6.94. The summed E-state index contributed by atoms with van der Waals surface area (Å²) >= 11 is 3.48. The zero-order valence-corrected chi connectivity index (χ0v) is 13.0. The van der Waals surface area contributed by atoms with Crippen molar-refractivity contribution in [1.29, 1.82) is 0 Å². The van der Waals surface area contributed by atoms with E-state index >= 15 is 0 Å². The van der Waals surface area contributed by atoms with Gasteiger partial charge in [-0.05, 0) is 60.3 Å². The van der Waals surface area contributed by atoms with Crippen molar-refractivity contribution in [3.05, 3.63) is 28.7 Å². The molecule has 1 heterocycles. The Balaban J connectivity index is 1.75. The Labute approximate surface area is 123 Å². The molecular formula is C15H22BrNO2. The summed E-state index contributed by atoms with van der Waals surface area (Å²) in [6, 6.07) is 7.91. The van der Waals surface area contributed by atoms with Crippen LogP contribution in [-0.2, 0) is 0 Å². The third-order valence-electron chi connectivity index (χ3n) is 3.73. The standard InChI is InChI=1S/C15H22BrNO2/c1-12(18)13-5-4-8-17(11-13)9-10-19-15-7-3-2-6-14(15)16/h2-3,6-7,12-13,18H,4-5,8-11H2,1H3/t12-,13-/m0/s1. The van der Waals surface area contributed by atoms with Gasteiger partial charge >= 0.3 is 0 Å². The molecule has 1 aromatic carbocycles. The van der Waals surface area contributed by atoms with E-state index in [0.717, 1.165) is 36.3 Å². The number of aliphatic hydroxyl groups is 1. The molecule has 0 unspecified atom stereocenters. The molecule has 0 bridgehead atoms. The zero-order chi connectivity index (χ0) is 13.7. The van der Waals surface area contributed by atoms with Gasteiger partial charge in [-0.1, -0.05) is 12.1 Å². The monoisotopic (exact) mass is 327 g/mol. The van der Waals surface area contributed by atoms with E-state index in [4.69, 9.17) is 4.74 Å². The Kier molecular flexibility index (Phi) is 5.67. The molecule has 2 atom stereocenters. The Morgan fingerprint density at radius 3 is 3.00 bits per heavy atom. The minimum atomic E-state index is -0.202. The lowest BCUT2D eigenvalue weighted by molar-refractivity contribution is 0.0573. The summed E-state index contributed by atoms with van der Waals surface area (Å²) in [5, 5.41) is 9.67. The topological polar surface area (TPSA) is 32.7 Å². The minimum absolute atomic E-state index is 0.202. The van der Waals surface area contributed by atoms with Crippen LogP contribution in [0.3, 0.4) is 0 Å². The van der Waals surface area contributed by atoms with Gasteiger partial charge in [0.15, 0.2) is 0 Å². The smallest absolute Gasteiger partial charge is 0.133 e. The van der Waals surface area contributed by atoms with Gasteiger partial charge in [0.1, 0.15) is 12.4 Å². The zero-order valence-electron chi connectivity index (χ0n) is 11.4. The van der Waals surface area contributed by atoms with Crippen LogP contribution >= 0.6 is 15.9 Å². The molecule has 1 saturated heterocycles. The van der Waals surface area contributed by atoms with Crippen LogP contribution < -0.4 is 4.74 Å². The largest absolute Gasteiger partial charge is 0.491 e. The summed E-state index contributed by atoms with van der Waals surface area (Å²) in [6.07, 6.45) is 2.11. The number of halogens is 1. The van der Waals surface area contributed by atoms with Crippen LogP contribution in [0.15, 0.2) is 28.7 Å². The molecule has 106 valence electrons. The van der Waals surface area contributed by atoms with E-state index in [-0.39, 0.29) is 6.10 Å². The van der Waals surface area contributed by atoms with Crippen LogP contribution in [0.5, 0.6) is 5.75 Å². The van der Waals surface area contributed by atoms with E-state index in [1.54, 1.807) is 0 Å². The fourth-order valence-corrected chi connectivity index (χ4v) is 2.93. The number of hydrogen-bond acceptors (Lipinski definition) is 3. The fraction of sp³-hybridized carbons (Fsp3) is 0.600. The number of hydrogen-bond donors (Lipinski definition) is 1. The van der Waals surface area contributed by atoms with Gasteiger partial charge in [0, 0.05) is 13.1 Å². The Hall–Kier alpha value is -0.580. The highest BCUT2D eigenvalue weighted by atomic mass is 79.9. The van der Waals surface area contributed by atoms with E-state index in [2.05, 4.69) is 20.8 Å². The van der Waals surface area contributed by atoms with Crippen molar-refractivity contribution in [3.63, 3.8) is 0 Å². The average molecular weight is 328 g/mol. The lowest BCUT2D eigenvalue weighted by Crippen LogP contribution is -2.41. The van der Waals surface area contributed by atoms with Gasteiger partial charge in [0.2, 0.25) is 0 Å². The van der Waals surface area contributed by atoms with E-state index in [1.165, 1.54) is 6.42 Å². The predicted molar refractivity (Wildman–Crippen MR) is 80.5 cm³/mol. The van der Waals surface area contributed by atoms with Crippen LogP contribution in [0.2, 0.25) is 0 Å². The van der Waals surface area contributed by atoms with Crippen molar-refractivity contribution >= 4 is 15.9 Å². The molecule has 2 rings (SSSR count). The maximum Gasteiger partial charge on any atom is 0.133 e. The number of benzene rings is 1. The van der Waals surface area contributed by atoms with Crippen LogP contribution in [0.25, 0.3) is 0 Å². The van der Waals surface area contributed by atoms with Crippen molar-refractivity contribution in [1.82, 2.24) is 4.90 Å². The summed E-state index contributed by atoms with van der Waals surface area (Å²) in [6.45, 7) is 5.60. The minimum Gasteiger partial charge on any atom is -0.491 e. The average Bonchev–Trinajstić information content (AvgIpc) is 2.41. The number of rotatable bonds is 5. The lowest BCUT2D eigenvalue weighted by Gasteiger charge is -2.33. The van der Waals surface area contributed by atoms with Crippen molar-refractivity contribution in [2.45, 2.75) is 25.9 Å². The first-order valence-corrected chi connectivity index (χ1v) is 7.74. The highest BCUT2D eigenvalue weighted by molar-refractivity contribution is 9.10. The van der Waals surface area contributed by atoms with Gasteiger partial charge in [-0.2, -0.15) is 0 Å². The molecule has 1 aromatic rings. The normalized spacial score (nSPS) is 22.2. The second-order valence-corrected chi connectivity index (χ2v) is 6.08. The first-order chi connectivity index (χ1) is 9.16. The summed E-state index contributed by atoms with van der Waals surface area (Å²) in [7, 11) is 0. The van der Waals surface area contributed by atoms with Crippen molar-refractivity contribution < 1.29 is 9.84 Å². The number of aliphatic hydroxyl groups excluding tert-OH is 1. The van der Waals surface area contributed by atoms with Crippen LogP contribution in [0.1, 0.15) is 19.8 Å². The van der Waals surface area contributed by atoms with E-state index in [1.807, 2.05) is 31.2 Å². The van der Waals surface area contributed by atoms with Crippen LogP contribution in [-0.4, -0.2) is 42.4 Å². The number of para-hydroxylation sites is 1. The second kappa shape index (κ2) is 7.27. The van der Waals surface area contributed by atoms with Gasteiger partial charge < -0.3 is 9.84 Å². The summed E-state index contributed by atoms with van der Waals surface area (Å²) in [5.41, 5.74) is 0. The van der Waals surface area contributed by atoms with Gasteiger partial charge in [0.25, 0.3) is 0 Å².